The Labute approximate surface area is 126 Å². The Hall–Kier alpha value is -1.75. The molecular formula is C15H16BrN3O. The van der Waals surface area contributed by atoms with Gasteiger partial charge in [0, 0.05) is 10.2 Å². The van der Waals surface area contributed by atoms with E-state index < -0.39 is 0 Å². The fourth-order valence-corrected chi connectivity index (χ4v) is 2.76. The summed E-state index contributed by atoms with van der Waals surface area (Å²) in [4.78, 5) is 12.4. The summed E-state index contributed by atoms with van der Waals surface area (Å²) in [5.74, 6) is -0.158. The van der Waals surface area contributed by atoms with Crippen molar-refractivity contribution in [1.82, 2.24) is 10.2 Å². The number of hydrogen-bond acceptors (Lipinski definition) is 3. The Balaban J connectivity index is 2.35. The number of halogens is 1. The van der Waals surface area contributed by atoms with Crippen LogP contribution < -0.4 is 5.32 Å². The van der Waals surface area contributed by atoms with Gasteiger partial charge in [-0.15, -0.1) is 0 Å². The van der Waals surface area contributed by atoms with Crippen molar-refractivity contribution in [3.05, 3.63) is 50.8 Å². The summed E-state index contributed by atoms with van der Waals surface area (Å²) in [6.45, 7) is 7.54. The number of aromatic nitrogens is 2. The van der Waals surface area contributed by atoms with Crippen LogP contribution in [0.1, 0.15) is 32.9 Å². The van der Waals surface area contributed by atoms with E-state index in [1.54, 1.807) is 13.0 Å². The van der Waals surface area contributed by atoms with Crippen molar-refractivity contribution in [2.24, 2.45) is 0 Å². The first-order valence-corrected chi connectivity index (χ1v) is 7.07. The van der Waals surface area contributed by atoms with Crippen molar-refractivity contribution in [2.45, 2.75) is 27.7 Å². The van der Waals surface area contributed by atoms with Crippen LogP contribution in [0, 0.1) is 27.7 Å². The molecule has 0 bridgehead atoms. The van der Waals surface area contributed by atoms with Gasteiger partial charge in [-0.25, -0.2) is 0 Å². The standard InChI is InChI=1S/C15H16BrN3O/c1-8-5-12(16)6-9(2)14(8)17-15(20)13-7-10(3)18-19-11(13)4/h5-7H,1-4H3,(H,17,20). The normalized spacial score (nSPS) is 10.4. The van der Waals surface area contributed by atoms with Gasteiger partial charge in [-0.1, -0.05) is 15.9 Å². The number of benzene rings is 1. The zero-order chi connectivity index (χ0) is 14.9. The molecular weight excluding hydrogens is 318 g/mol. The highest BCUT2D eigenvalue weighted by atomic mass is 79.9. The number of hydrogen-bond donors (Lipinski definition) is 1. The summed E-state index contributed by atoms with van der Waals surface area (Å²) in [6.07, 6.45) is 0. The first kappa shape index (κ1) is 14.7. The van der Waals surface area contributed by atoms with E-state index in [0.29, 0.717) is 11.3 Å². The second-order valence-corrected chi connectivity index (χ2v) is 5.77. The van der Waals surface area contributed by atoms with E-state index in [0.717, 1.165) is 27.0 Å². The third-order valence-electron chi connectivity index (χ3n) is 3.08. The summed E-state index contributed by atoms with van der Waals surface area (Å²) < 4.78 is 1.00. The van der Waals surface area contributed by atoms with Gasteiger partial charge in [0.05, 0.1) is 17.0 Å². The van der Waals surface area contributed by atoms with Crippen LogP contribution in [0.2, 0.25) is 0 Å². The average molecular weight is 334 g/mol. The molecule has 1 amide bonds. The number of aryl methyl sites for hydroxylation is 4. The molecule has 20 heavy (non-hydrogen) atoms. The van der Waals surface area contributed by atoms with E-state index in [1.165, 1.54) is 0 Å². The minimum Gasteiger partial charge on any atom is -0.321 e. The van der Waals surface area contributed by atoms with Crippen LogP contribution in [0.25, 0.3) is 0 Å². The van der Waals surface area contributed by atoms with Crippen LogP contribution in [0.15, 0.2) is 22.7 Å². The predicted octanol–water partition coefficient (Wildman–Crippen LogP) is 3.73. The molecule has 5 heteroatoms. The summed E-state index contributed by atoms with van der Waals surface area (Å²) in [7, 11) is 0. The van der Waals surface area contributed by atoms with Gasteiger partial charge >= 0.3 is 0 Å². The highest BCUT2D eigenvalue weighted by Gasteiger charge is 2.14. The van der Waals surface area contributed by atoms with Gasteiger partial charge in [-0.3, -0.25) is 4.79 Å². The lowest BCUT2D eigenvalue weighted by Gasteiger charge is -2.13. The highest BCUT2D eigenvalue weighted by molar-refractivity contribution is 9.10. The van der Waals surface area contributed by atoms with Gasteiger partial charge in [-0.2, -0.15) is 10.2 Å². The lowest BCUT2D eigenvalue weighted by atomic mass is 10.1. The SMILES string of the molecule is Cc1cc(C(=O)Nc2c(C)cc(Br)cc2C)c(C)nn1. The first-order valence-electron chi connectivity index (χ1n) is 6.27. The molecule has 0 saturated carbocycles. The van der Waals surface area contributed by atoms with Crippen LogP contribution in [-0.2, 0) is 0 Å². The van der Waals surface area contributed by atoms with Gasteiger partial charge in [-0.05, 0) is 57.0 Å². The quantitative estimate of drug-likeness (QED) is 0.911. The molecule has 2 aromatic rings. The van der Waals surface area contributed by atoms with Crippen molar-refractivity contribution < 1.29 is 4.79 Å². The second-order valence-electron chi connectivity index (χ2n) is 4.85. The van der Waals surface area contributed by atoms with Gasteiger partial charge in [0.15, 0.2) is 0 Å². The Morgan fingerprint density at radius 2 is 1.65 bits per heavy atom. The number of carbonyl (C=O) groups is 1. The lowest BCUT2D eigenvalue weighted by molar-refractivity contribution is 0.102. The van der Waals surface area contributed by atoms with E-state index in [4.69, 9.17) is 0 Å². The maximum Gasteiger partial charge on any atom is 0.257 e. The summed E-state index contributed by atoms with van der Waals surface area (Å²) in [5, 5.41) is 10.9. The summed E-state index contributed by atoms with van der Waals surface area (Å²) in [6, 6.07) is 5.71. The van der Waals surface area contributed by atoms with Gasteiger partial charge < -0.3 is 5.32 Å². The molecule has 1 N–H and O–H groups in total. The van der Waals surface area contributed by atoms with Gasteiger partial charge in [0.25, 0.3) is 5.91 Å². The maximum absolute atomic E-state index is 12.4. The zero-order valence-corrected chi connectivity index (χ0v) is 13.5. The van der Waals surface area contributed by atoms with Crippen LogP contribution in [0.3, 0.4) is 0 Å². The van der Waals surface area contributed by atoms with Crippen LogP contribution >= 0.6 is 15.9 Å². The molecule has 1 aromatic carbocycles. The number of anilines is 1. The number of rotatable bonds is 2. The van der Waals surface area contributed by atoms with Crippen molar-refractivity contribution in [2.75, 3.05) is 5.32 Å². The third-order valence-corrected chi connectivity index (χ3v) is 3.54. The molecule has 104 valence electrons. The Bertz CT molecular complexity index is 660. The maximum atomic E-state index is 12.4. The molecule has 0 fully saturated rings. The molecule has 0 spiro atoms. The summed E-state index contributed by atoms with van der Waals surface area (Å²) in [5.41, 5.74) is 4.78. The molecule has 2 rings (SSSR count). The van der Waals surface area contributed by atoms with E-state index in [1.807, 2.05) is 32.9 Å². The lowest BCUT2D eigenvalue weighted by Crippen LogP contribution is -2.16. The minimum absolute atomic E-state index is 0.158. The molecule has 1 heterocycles. The highest BCUT2D eigenvalue weighted by Crippen LogP contribution is 2.25. The number of carbonyl (C=O) groups excluding carboxylic acids is 1. The number of nitrogens with zero attached hydrogens (tertiary/aromatic N) is 2. The van der Waals surface area contributed by atoms with Gasteiger partial charge in [0.2, 0.25) is 0 Å². The minimum atomic E-state index is -0.158. The van der Waals surface area contributed by atoms with Crippen LogP contribution in [-0.4, -0.2) is 16.1 Å². The first-order chi connectivity index (χ1) is 9.38. The average Bonchev–Trinajstić information content (AvgIpc) is 2.36. The monoisotopic (exact) mass is 333 g/mol. The number of amides is 1. The third kappa shape index (κ3) is 3.04. The van der Waals surface area contributed by atoms with Crippen molar-refractivity contribution in [3.8, 4) is 0 Å². The smallest absolute Gasteiger partial charge is 0.257 e. The number of nitrogens with one attached hydrogen (secondary N) is 1. The topological polar surface area (TPSA) is 54.9 Å². The molecule has 0 saturated heterocycles. The molecule has 0 atom stereocenters. The van der Waals surface area contributed by atoms with E-state index in [2.05, 4.69) is 31.4 Å². The Morgan fingerprint density at radius 1 is 1.05 bits per heavy atom. The van der Waals surface area contributed by atoms with Crippen molar-refractivity contribution >= 4 is 27.5 Å². The molecule has 0 unspecified atom stereocenters. The van der Waals surface area contributed by atoms with Crippen molar-refractivity contribution in [1.29, 1.82) is 0 Å². The zero-order valence-electron chi connectivity index (χ0n) is 11.9. The fourth-order valence-electron chi connectivity index (χ4n) is 2.07. The molecule has 4 nitrogen and oxygen atoms in total. The Kier molecular flexibility index (Phi) is 4.18. The summed E-state index contributed by atoms with van der Waals surface area (Å²) >= 11 is 3.45. The molecule has 0 aliphatic rings. The largest absolute Gasteiger partial charge is 0.321 e. The van der Waals surface area contributed by atoms with Crippen molar-refractivity contribution in [3.63, 3.8) is 0 Å². The molecule has 0 aliphatic heterocycles. The molecule has 0 radical (unpaired) electrons. The second kappa shape index (κ2) is 5.71. The molecule has 1 aromatic heterocycles. The van der Waals surface area contributed by atoms with Crippen LogP contribution in [0.5, 0.6) is 0 Å². The Morgan fingerprint density at radius 3 is 2.25 bits per heavy atom. The van der Waals surface area contributed by atoms with E-state index in [-0.39, 0.29) is 5.91 Å². The van der Waals surface area contributed by atoms with Crippen LogP contribution in [0.4, 0.5) is 5.69 Å². The predicted molar refractivity (Wildman–Crippen MR) is 83.1 cm³/mol. The van der Waals surface area contributed by atoms with E-state index >= 15 is 0 Å². The van der Waals surface area contributed by atoms with Gasteiger partial charge in [0.1, 0.15) is 0 Å². The van der Waals surface area contributed by atoms with E-state index in [9.17, 15) is 4.79 Å². The molecule has 0 aliphatic carbocycles. The fraction of sp³-hybridized carbons (Fsp3) is 0.267.